The van der Waals surface area contributed by atoms with Crippen molar-refractivity contribution in [2.75, 3.05) is 13.1 Å². The van der Waals surface area contributed by atoms with Crippen LogP contribution in [0.1, 0.15) is 24.6 Å². The first-order valence-electron chi connectivity index (χ1n) is 7.67. The van der Waals surface area contributed by atoms with Gasteiger partial charge in [-0.15, -0.1) is 0 Å². The van der Waals surface area contributed by atoms with Crippen LogP contribution in [0.25, 0.3) is 0 Å². The van der Waals surface area contributed by atoms with Crippen LogP contribution in [0.15, 0.2) is 29.6 Å². The predicted octanol–water partition coefficient (Wildman–Crippen LogP) is 1.07. The lowest BCUT2D eigenvalue weighted by molar-refractivity contribution is 0.570. The number of guanidine groups is 1. The van der Waals surface area contributed by atoms with E-state index < -0.39 is 0 Å². The maximum absolute atomic E-state index is 4.58. The van der Waals surface area contributed by atoms with Crippen molar-refractivity contribution < 1.29 is 0 Å². The Hall–Kier alpha value is -2.31. The molecule has 0 saturated carbocycles. The van der Waals surface area contributed by atoms with Crippen molar-refractivity contribution in [3.8, 4) is 0 Å². The Morgan fingerprint density at radius 1 is 1.32 bits per heavy atom. The van der Waals surface area contributed by atoms with E-state index in [4.69, 9.17) is 0 Å². The zero-order chi connectivity index (χ0) is 15.8. The number of aryl methyl sites for hydroxylation is 3. The first-order chi connectivity index (χ1) is 10.7. The molecule has 0 atom stereocenters. The molecular weight excluding hydrogens is 278 g/mol. The Bertz CT molecular complexity index is 597. The molecule has 0 aliphatic heterocycles. The van der Waals surface area contributed by atoms with Crippen LogP contribution < -0.4 is 10.6 Å². The second kappa shape index (κ2) is 8.21. The van der Waals surface area contributed by atoms with Gasteiger partial charge in [0.2, 0.25) is 0 Å². The van der Waals surface area contributed by atoms with Crippen LogP contribution in [-0.2, 0) is 20.1 Å². The molecule has 2 heterocycles. The molecule has 120 valence electrons. The van der Waals surface area contributed by atoms with Gasteiger partial charge in [-0.1, -0.05) is 0 Å². The highest BCUT2D eigenvalue weighted by Crippen LogP contribution is 1.98. The zero-order valence-electron chi connectivity index (χ0n) is 13.6. The second-order valence-electron chi connectivity index (χ2n) is 5.20. The molecule has 2 aromatic rings. The minimum Gasteiger partial charge on any atom is -0.357 e. The average Bonchev–Trinajstić information content (AvgIpc) is 3.09. The fraction of sp³-hybridized carbons (Fsp3) is 0.533. The maximum atomic E-state index is 4.58. The molecule has 7 nitrogen and oxygen atoms in total. The molecular formula is C15H25N7. The predicted molar refractivity (Wildman–Crippen MR) is 87.6 cm³/mol. The van der Waals surface area contributed by atoms with Gasteiger partial charge >= 0.3 is 0 Å². The maximum Gasteiger partial charge on any atom is 0.191 e. The largest absolute Gasteiger partial charge is 0.357 e. The Balaban J connectivity index is 1.77. The summed E-state index contributed by atoms with van der Waals surface area (Å²) in [6, 6.07) is 1.98. The summed E-state index contributed by atoms with van der Waals surface area (Å²) in [6.07, 6.45) is 6.73. The average molecular weight is 303 g/mol. The van der Waals surface area contributed by atoms with Crippen molar-refractivity contribution in [2.24, 2.45) is 12.0 Å². The number of aromatic nitrogens is 4. The molecule has 2 aromatic heterocycles. The van der Waals surface area contributed by atoms with Crippen LogP contribution in [0, 0.1) is 6.92 Å². The fourth-order valence-electron chi connectivity index (χ4n) is 2.10. The molecule has 0 bridgehead atoms. The lowest BCUT2D eigenvalue weighted by atomic mass is 10.4. The van der Waals surface area contributed by atoms with E-state index in [1.807, 2.05) is 28.7 Å². The van der Waals surface area contributed by atoms with E-state index >= 15 is 0 Å². The van der Waals surface area contributed by atoms with E-state index in [-0.39, 0.29) is 0 Å². The number of hydrogen-bond acceptors (Lipinski definition) is 3. The molecule has 0 amide bonds. The van der Waals surface area contributed by atoms with Crippen LogP contribution >= 0.6 is 0 Å². The summed E-state index contributed by atoms with van der Waals surface area (Å²) in [4.78, 5) is 4.58. The van der Waals surface area contributed by atoms with Gasteiger partial charge in [-0.25, -0.2) is 4.99 Å². The van der Waals surface area contributed by atoms with E-state index in [0.717, 1.165) is 37.7 Å². The summed E-state index contributed by atoms with van der Waals surface area (Å²) in [5.41, 5.74) is 2.28. The Kier molecular flexibility index (Phi) is 6.00. The molecule has 22 heavy (non-hydrogen) atoms. The van der Waals surface area contributed by atoms with Gasteiger partial charge in [0.15, 0.2) is 5.96 Å². The van der Waals surface area contributed by atoms with Crippen molar-refractivity contribution >= 4 is 5.96 Å². The number of nitrogens with one attached hydrogen (secondary N) is 2. The van der Waals surface area contributed by atoms with Crippen molar-refractivity contribution in [1.29, 1.82) is 0 Å². The summed E-state index contributed by atoms with van der Waals surface area (Å²) in [7, 11) is 1.93. The smallest absolute Gasteiger partial charge is 0.191 e. The highest BCUT2D eigenvalue weighted by atomic mass is 15.3. The summed E-state index contributed by atoms with van der Waals surface area (Å²) >= 11 is 0. The summed E-state index contributed by atoms with van der Waals surface area (Å²) in [5, 5.41) is 15.0. The first kappa shape index (κ1) is 16.1. The van der Waals surface area contributed by atoms with Crippen LogP contribution in [0.4, 0.5) is 0 Å². The van der Waals surface area contributed by atoms with Crippen LogP contribution in [-0.4, -0.2) is 38.6 Å². The van der Waals surface area contributed by atoms with Gasteiger partial charge in [0.1, 0.15) is 0 Å². The van der Waals surface area contributed by atoms with Gasteiger partial charge in [0.05, 0.1) is 18.4 Å². The van der Waals surface area contributed by atoms with Gasteiger partial charge < -0.3 is 10.6 Å². The van der Waals surface area contributed by atoms with E-state index in [0.29, 0.717) is 6.54 Å². The zero-order valence-corrected chi connectivity index (χ0v) is 13.6. The van der Waals surface area contributed by atoms with Gasteiger partial charge in [-0.2, -0.15) is 10.2 Å². The minimum atomic E-state index is 0.615. The summed E-state index contributed by atoms with van der Waals surface area (Å²) < 4.78 is 3.81. The normalized spacial score (nSPS) is 11.7. The molecule has 7 heteroatoms. The summed E-state index contributed by atoms with van der Waals surface area (Å²) in [6.45, 7) is 7.34. The molecule has 0 aromatic carbocycles. The van der Waals surface area contributed by atoms with E-state index in [2.05, 4.69) is 45.9 Å². The SMILES string of the molecule is CCNC(=NCc1ccnn1C)NCCCn1cc(C)cn1. The Morgan fingerprint density at radius 3 is 2.82 bits per heavy atom. The van der Waals surface area contributed by atoms with Gasteiger partial charge in [0.25, 0.3) is 0 Å². The van der Waals surface area contributed by atoms with E-state index in [1.54, 1.807) is 6.20 Å². The molecule has 0 radical (unpaired) electrons. The second-order valence-corrected chi connectivity index (χ2v) is 5.20. The number of hydrogen-bond donors (Lipinski definition) is 2. The van der Waals surface area contributed by atoms with Gasteiger partial charge in [-0.05, 0) is 31.9 Å². The van der Waals surface area contributed by atoms with Crippen molar-refractivity contribution in [3.05, 3.63) is 35.9 Å². The standard InChI is InChI=1S/C15H25N7/c1-4-16-15(18-11-14-6-8-19-21(14)3)17-7-5-9-22-12-13(2)10-20-22/h6,8,10,12H,4-5,7,9,11H2,1-3H3,(H2,16,17,18). The molecule has 0 saturated heterocycles. The minimum absolute atomic E-state index is 0.615. The van der Waals surface area contributed by atoms with E-state index in [9.17, 15) is 0 Å². The molecule has 2 rings (SSSR count). The lowest BCUT2D eigenvalue weighted by Crippen LogP contribution is -2.38. The number of aliphatic imine (C=N–C) groups is 1. The molecule has 0 unspecified atom stereocenters. The van der Waals surface area contributed by atoms with Crippen LogP contribution in [0.2, 0.25) is 0 Å². The highest BCUT2D eigenvalue weighted by Gasteiger charge is 2.00. The quantitative estimate of drug-likeness (QED) is 0.456. The number of rotatable bonds is 7. The van der Waals surface area contributed by atoms with Crippen molar-refractivity contribution in [1.82, 2.24) is 30.2 Å². The summed E-state index contributed by atoms with van der Waals surface area (Å²) in [5.74, 6) is 0.834. The van der Waals surface area contributed by atoms with Gasteiger partial charge in [-0.3, -0.25) is 9.36 Å². The molecule has 0 fully saturated rings. The van der Waals surface area contributed by atoms with E-state index in [1.165, 1.54) is 5.56 Å². The molecule has 0 spiro atoms. The lowest BCUT2D eigenvalue weighted by Gasteiger charge is -2.11. The molecule has 0 aliphatic carbocycles. The third-order valence-corrected chi connectivity index (χ3v) is 3.28. The first-order valence-corrected chi connectivity index (χ1v) is 7.67. The molecule has 0 aliphatic rings. The van der Waals surface area contributed by atoms with Crippen LogP contribution in [0.3, 0.4) is 0 Å². The Labute approximate surface area is 131 Å². The third-order valence-electron chi connectivity index (χ3n) is 3.28. The van der Waals surface area contributed by atoms with Crippen molar-refractivity contribution in [3.63, 3.8) is 0 Å². The number of nitrogens with zero attached hydrogens (tertiary/aromatic N) is 5. The molecule has 2 N–H and O–H groups in total. The third kappa shape index (κ3) is 4.91. The van der Waals surface area contributed by atoms with Gasteiger partial charge in [0, 0.05) is 39.1 Å². The monoisotopic (exact) mass is 303 g/mol. The Morgan fingerprint density at radius 2 is 2.18 bits per heavy atom. The topological polar surface area (TPSA) is 72.1 Å². The fourth-order valence-corrected chi connectivity index (χ4v) is 2.10. The highest BCUT2D eigenvalue weighted by molar-refractivity contribution is 5.79. The van der Waals surface area contributed by atoms with Crippen LogP contribution in [0.5, 0.6) is 0 Å². The van der Waals surface area contributed by atoms with Crippen molar-refractivity contribution in [2.45, 2.75) is 33.4 Å².